The lowest BCUT2D eigenvalue weighted by molar-refractivity contribution is -0.146. The molecule has 0 aromatic rings. The van der Waals surface area contributed by atoms with Crippen molar-refractivity contribution < 1.29 is 33.7 Å². The highest BCUT2D eigenvalue weighted by atomic mass is 32.1. The molecule has 0 radical (unpaired) electrons. The Kier molecular flexibility index (Phi) is 20.9. The van der Waals surface area contributed by atoms with Crippen LogP contribution in [-0.2, 0) is 28.6 Å². The third-order valence-corrected chi connectivity index (χ3v) is 2.61. The Bertz CT molecular complexity index is 305. The lowest BCUT2D eigenvalue weighted by Crippen LogP contribution is -2.14. The molecule has 0 aliphatic carbocycles. The first-order valence-electron chi connectivity index (χ1n) is 6.91. The van der Waals surface area contributed by atoms with Crippen LogP contribution in [0, 0.1) is 0 Å². The molecule has 0 spiro atoms. The quantitative estimate of drug-likeness (QED) is 0.226. The van der Waals surface area contributed by atoms with Crippen molar-refractivity contribution in [3.05, 3.63) is 0 Å². The number of hydrogen-bond donors (Lipinski definition) is 4. The molecule has 0 aromatic heterocycles. The molecule has 0 amide bonds. The second kappa shape index (κ2) is 19.5. The number of esters is 2. The molecule has 0 bridgehead atoms. The highest BCUT2D eigenvalue weighted by Crippen LogP contribution is 1.91. The van der Waals surface area contributed by atoms with E-state index in [0.717, 1.165) is 0 Å². The van der Waals surface area contributed by atoms with Crippen molar-refractivity contribution in [3.63, 3.8) is 0 Å². The molecule has 23 heavy (non-hydrogen) atoms. The molecule has 7 nitrogen and oxygen atoms in total. The Labute approximate surface area is 152 Å². The monoisotopic (exact) mass is 388 g/mol. The van der Waals surface area contributed by atoms with E-state index >= 15 is 0 Å². The van der Waals surface area contributed by atoms with Gasteiger partial charge in [0, 0.05) is 17.3 Å². The summed E-state index contributed by atoms with van der Waals surface area (Å²) in [6.07, 6.45) is 0.748. The van der Waals surface area contributed by atoms with Gasteiger partial charge in [-0.3, -0.25) is 14.4 Å². The summed E-state index contributed by atoms with van der Waals surface area (Å²) in [5.74, 6) is 0.00861. The summed E-state index contributed by atoms with van der Waals surface area (Å²) in [4.78, 5) is 31.3. The van der Waals surface area contributed by atoms with Gasteiger partial charge in [0.15, 0.2) is 0 Å². The third-order valence-electron chi connectivity index (χ3n) is 1.94. The zero-order chi connectivity index (χ0) is 17.9. The SMILES string of the molecule is O=C(CCS)OCCOCCOC(=O)CCS.O=C(O)CCS. The fraction of sp³-hybridized carbons (Fsp3) is 0.769. The number of aliphatic carboxylic acids is 1. The van der Waals surface area contributed by atoms with Gasteiger partial charge in [-0.15, -0.1) is 0 Å². The number of hydrogen-bond acceptors (Lipinski definition) is 9. The summed E-state index contributed by atoms with van der Waals surface area (Å²) in [5, 5.41) is 7.86. The lowest BCUT2D eigenvalue weighted by Gasteiger charge is -2.06. The number of ether oxygens (including phenoxy) is 3. The van der Waals surface area contributed by atoms with E-state index in [9.17, 15) is 14.4 Å². The average molecular weight is 389 g/mol. The van der Waals surface area contributed by atoms with Gasteiger partial charge in [-0.2, -0.15) is 37.9 Å². The van der Waals surface area contributed by atoms with Crippen LogP contribution in [0.3, 0.4) is 0 Å². The fourth-order valence-corrected chi connectivity index (χ4v) is 1.51. The minimum Gasteiger partial charge on any atom is -0.481 e. The van der Waals surface area contributed by atoms with Gasteiger partial charge in [0.05, 0.1) is 32.5 Å². The third kappa shape index (κ3) is 23.8. The number of carbonyl (C=O) groups excluding carboxylic acids is 2. The van der Waals surface area contributed by atoms with E-state index in [1.807, 2.05) is 0 Å². The predicted molar refractivity (Wildman–Crippen MR) is 95.8 cm³/mol. The van der Waals surface area contributed by atoms with E-state index in [1.165, 1.54) is 0 Å². The summed E-state index contributed by atoms with van der Waals surface area (Å²) in [7, 11) is 0. The zero-order valence-corrected chi connectivity index (χ0v) is 15.5. The average Bonchev–Trinajstić information content (AvgIpc) is 2.47. The molecule has 0 unspecified atom stereocenters. The number of carbonyl (C=O) groups is 3. The van der Waals surface area contributed by atoms with E-state index in [-0.39, 0.29) is 31.6 Å². The van der Waals surface area contributed by atoms with E-state index in [4.69, 9.17) is 19.3 Å². The van der Waals surface area contributed by atoms with Crippen molar-refractivity contribution in [2.24, 2.45) is 0 Å². The molecular weight excluding hydrogens is 364 g/mol. The van der Waals surface area contributed by atoms with Gasteiger partial charge in [-0.1, -0.05) is 0 Å². The van der Waals surface area contributed by atoms with Crippen LogP contribution in [0.4, 0.5) is 0 Å². The number of thiol groups is 3. The minimum absolute atomic E-state index is 0.156. The maximum atomic E-state index is 10.9. The van der Waals surface area contributed by atoms with Crippen molar-refractivity contribution in [2.75, 3.05) is 43.7 Å². The Morgan fingerprint density at radius 1 is 0.696 bits per heavy atom. The first-order valence-corrected chi connectivity index (χ1v) is 8.81. The van der Waals surface area contributed by atoms with Crippen LogP contribution in [0.15, 0.2) is 0 Å². The largest absolute Gasteiger partial charge is 0.481 e. The van der Waals surface area contributed by atoms with Gasteiger partial charge in [0.2, 0.25) is 0 Å². The summed E-state index contributed by atoms with van der Waals surface area (Å²) >= 11 is 11.5. The van der Waals surface area contributed by atoms with Crippen LogP contribution in [0.25, 0.3) is 0 Å². The molecule has 10 heteroatoms. The van der Waals surface area contributed by atoms with Crippen molar-refractivity contribution in [2.45, 2.75) is 19.3 Å². The summed E-state index contributed by atoms with van der Waals surface area (Å²) in [5.41, 5.74) is 0. The van der Waals surface area contributed by atoms with Gasteiger partial charge in [0.1, 0.15) is 13.2 Å². The normalized spacial score (nSPS) is 9.52. The molecule has 0 aliphatic rings. The van der Waals surface area contributed by atoms with Crippen LogP contribution < -0.4 is 0 Å². The first kappa shape index (κ1) is 24.7. The van der Waals surface area contributed by atoms with Crippen LogP contribution in [0.5, 0.6) is 0 Å². The maximum absolute atomic E-state index is 10.9. The molecule has 1 N–H and O–H groups in total. The maximum Gasteiger partial charge on any atom is 0.306 e. The van der Waals surface area contributed by atoms with Crippen LogP contribution >= 0.6 is 37.9 Å². The summed E-state index contributed by atoms with van der Waals surface area (Å²) in [6.45, 7) is 0.999. The van der Waals surface area contributed by atoms with Crippen molar-refractivity contribution in [1.29, 1.82) is 0 Å². The van der Waals surface area contributed by atoms with Gasteiger partial charge in [-0.05, 0) is 0 Å². The second-order valence-corrected chi connectivity index (χ2v) is 5.21. The van der Waals surface area contributed by atoms with Crippen molar-refractivity contribution in [1.82, 2.24) is 0 Å². The molecule has 0 atom stereocenters. The minimum atomic E-state index is -0.787. The van der Waals surface area contributed by atoms with Crippen LogP contribution in [0.2, 0.25) is 0 Å². The molecule has 0 rings (SSSR count). The smallest absolute Gasteiger partial charge is 0.306 e. The summed E-state index contributed by atoms with van der Waals surface area (Å²) in [6, 6.07) is 0. The number of rotatable bonds is 12. The molecule has 0 heterocycles. The van der Waals surface area contributed by atoms with Crippen LogP contribution in [0.1, 0.15) is 19.3 Å². The highest BCUT2D eigenvalue weighted by Gasteiger charge is 2.01. The Hall–Kier alpha value is -0.580. The van der Waals surface area contributed by atoms with Crippen molar-refractivity contribution >= 4 is 55.8 Å². The predicted octanol–water partition coefficient (Wildman–Crippen LogP) is 1.12. The topological polar surface area (TPSA) is 99.1 Å². The van der Waals surface area contributed by atoms with E-state index in [2.05, 4.69) is 37.9 Å². The lowest BCUT2D eigenvalue weighted by atomic mass is 10.5. The molecule has 0 aromatic carbocycles. The van der Waals surface area contributed by atoms with Gasteiger partial charge < -0.3 is 19.3 Å². The molecule has 0 saturated heterocycles. The standard InChI is InChI=1S/C10H18O5S2.C3H6O2S/c11-9(1-7-16)14-5-3-13-4-6-15-10(12)2-8-17;4-3(5)1-2-6/h16-17H,1-8H2;6H,1-2H2,(H,4,5). The summed E-state index contributed by atoms with van der Waals surface area (Å²) < 4.78 is 14.7. The van der Waals surface area contributed by atoms with Gasteiger partial charge >= 0.3 is 17.9 Å². The molecule has 0 aliphatic heterocycles. The van der Waals surface area contributed by atoms with E-state index in [0.29, 0.717) is 43.3 Å². The van der Waals surface area contributed by atoms with Crippen LogP contribution in [-0.4, -0.2) is 66.7 Å². The zero-order valence-electron chi connectivity index (χ0n) is 12.8. The Morgan fingerprint density at radius 2 is 1.09 bits per heavy atom. The van der Waals surface area contributed by atoms with E-state index in [1.54, 1.807) is 0 Å². The first-order chi connectivity index (χ1) is 11.0. The van der Waals surface area contributed by atoms with Crippen molar-refractivity contribution in [3.8, 4) is 0 Å². The highest BCUT2D eigenvalue weighted by molar-refractivity contribution is 7.80. The fourth-order valence-electron chi connectivity index (χ4n) is 0.953. The Morgan fingerprint density at radius 3 is 1.35 bits per heavy atom. The molecule has 0 saturated carbocycles. The number of carboxylic acid groups (broad SMARTS) is 1. The van der Waals surface area contributed by atoms with Gasteiger partial charge in [-0.25, -0.2) is 0 Å². The molecule has 136 valence electrons. The second-order valence-electron chi connectivity index (χ2n) is 3.87. The molecule has 0 fully saturated rings. The van der Waals surface area contributed by atoms with Gasteiger partial charge in [0.25, 0.3) is 0 Å². The number of carboxylic acids is 1. The Balaban J connectivity index is 0. The van der Waals surface area contributed by atoms with E-state index < -0.39 is 5.97 Å². The molecular formula is C13H24O7S3.